The third kappa shape index (κ3) is 8.08. The molecule has 0 saturated heterocycles. The maximum absolute atomic E-state index is 13.2. The average molecular weight is 687 g/mol. The first-order valence-corrected chi connectivity index (χ1v) is 15.1. The highest BCUT2D eigenvalue weighted by molar-refractivity contribution is 7.91. The third-order valence-corrected chi connectivity index (χ3v) is 9.12. The first-order chi connectivity index (χ1) is 20.1. The van der Waals surface area contributed by atoms with Crippen LogP contribution in [0.2, 0.25) is 5.15 Å². The van der Waals surface area contributed by atoms with Gasteiger partial charge in [-0.15, -0.1) is 0 Å². The lowest BCUT2D eigenvalue weighted by Gasteiger charge is -2.39. The molecule has 3 rings (SSSR count). The van der Waals surface area contributed by atoms with Gasteiger partial charge in [-0.3, -0.25) is 9.36 Å². The fraction of sp³-hybridized carbons (Fsp3) is 0.625. The fourth-order valence-electron chi connectivity index (χ4n) is 4.71. The van der Waals surface area contributed by atoms with Crippen LogP contribution in [0, 0.1) is 5.92 Å². The Hall–Kier alpha value is -2.77. The van der Waals surface area contributed by atoms with Crippen molar-refractivity contribution >= 4 is 27.3 Å². The molecule has 2 heterocycles. The predicted molar refractivity (Wildman–Crippen MR) is 137 cm³/mol. The summed E-state index contributed by atoms with van der Waals surface area (Å²) in [7, 11) is -3.51. The van der Waals surface area contributed by atoms with E-state index in [0.717, 1.165) is 10.8 Å². The van der Waals surface area contributed by atoms with Crippen molar-refractivity contribution < 1.29 is 63.3 Å². The fourth-order valence-corrected chi connectivity index (χ4v) is 6.09. The number of alkyl halides is 8. The van der Waals surface area contributed by atoms with E-state index in [0.29, 0.717) is 12.3 Å². The summed E-state index contributed by atoms with van der Waals surface area (Å²) in [5.41, 5.74) is -3.19. The van der Waals surface area contributed by atoms with Gasteiger partial charge in [0.1, 0.15) is 26.4 Å². The van der Waals surface area contributed by atoms with Crippen molar-refractivity contribution in [3.63, 3.8) is 0 Å². The number of carbonyl (C=O) groups excluding carboxylic acids is 1. The van der Waals surface area contributed by atoms with Gasteiger partial charge in [-0.1, -0.05) is 18.5 Å². The van der Waals surface area contributed by atoms with Crippen LogP contribution in [0.15, 0.2) is 12.3 Å². The van der Waals surface area contributed by atoms with E-state index in [9.17, 15) is 58.5 Å². The number of nitrogens with one attached hydrogen (secondary N) is 1. The van der Waals surface area contributed by atoms with Gasteiger partial charge in [-0.25, -0.2) is 18.4 Å². The molecule has 3 N–H and O–H groups in total. The van der Waals surface area contributed by atoms with Gasteiger partial charge in [0.05, 0.1) is 11.4 Å². The van der Waals surface area contributed by atoms with Crippen LogP contribution < -0.4 is 10.1 Å². The van der Waals surface area contributed by atoms with Gasteiger partial charge in [-0.2, -0.15) is 35.1 Å². The quantitative estimate of drug-likeness (QED) is 0.321. The van der Waals surface area contributed by atoms with Gasteiger partial charge in [0, 0.05) is 25.4 Å². The number of aliphatic hydroxyl groups excluding tert-OH is 1. The Morgan fingerprint density at radius 2 is 1.86 bits per heavy atom. The topological polar surface area (TPSA) is 144 Å². The average Bonchev–Trinajstić information content (AvgIpc) is 3.21. The molecule has 1 fully saturated rings. The molecule has 1 aliphatic carbocycles. The molecule has 0 unspecified atom stereocenters. The SMILES string of the molecule is CCc1nc(C(=O)NC[C@@]2(O)CC[C@H](S(C)(=O)=O)C[C@@H]2O)c(Cl)n1-c1ncc(CC(C(F)(F)F)C(F)(F)F)cc1OC(F)F. The van der Waals surface area contributed by atoms with E-state index in [1.54, 1.807) is 0 Å². The van der Waals surface area contributed by atoms with E-state index in [4.69, 9.17) is 11.6 Å². The van der Waals surface area contributed by atoms with Crippen LogP contribution in [0.4, 0.5) is 35.1 Å². The van der Waals surface area contributed by atoms with Crippen molar-refractivity contribution in [1.29, 1.82) is 0 Å². The molecular formula is C24H27ClF8N4O6S. The van der Waals surface area contributed by atoms with E-state index < -0.39 is 98.5 Å². The van der Waals surface area contributed by atoms with Gasteiger partial charge < -0.3 is 20.3 Å². The molecule has 2 aromatic heterocycles. The number of aryl methyl sites for hydroxylation is 1. The zero-order valence-corrected chi connectivity index (χ0v) is 24.5. The standard InChI is InChI=1S/C24H27ClF8N4O6S/c1-3-16-36-17(20(39)35-10-22(40)5-4-12(8-15(22)38)44(2,41)42)18(25)37(16)19-13(43-21(26)27)6-11(9-34-19)7-14(23(28,29)30)24(31,32)33/h6,9,12,14-15,21,38,40H,3-5,7-8,10H2,1-2H3,(H,35,39)/t12-,15-,22-/m0/s1. The molecule has 44 heavy (non-hydrogen) atoms. The smallest absolute Gasteiger partial charge is 0.400 e. The zero-order chi connectivity index (χ0) is 33.4. The predicted octanol–water partition coefficient (Wildman–Crippen LogP) is 3.79. The Bertz CT molecular complexity index is 1460. The Morgan fingerprint density at radius 3 is 2.36 bits per heavy atom. The van der Waals surface area contributed by atoms with Crippen LogP contribution in [0.1, 0.15) is 48.1 Å². The molecule has 2 aromatic rings. The number of amides is 1. The van der Waals surface area contributed by atoms with Gasteiger partial charge in [-0.05, 0) is 37.3 Å². The maximum atomic E-state index is 13.2. The van der Waals surface area contributed by atoms with Gasteiger partial charge in [0.15, 0.2) is 23.2 Å². The summed E-state index contributed by atoms with van der Waals surface area (Å²) in [4.78, 5) is 20.7. The van der Waals surface area contributed by atoms with Gasteiger partial charge >= 0.3 is 19.0 Å². The first kappa shape index (κ1) is 35.7. The van der Waals surface area contributed by atoms with Crippen LogP contribution in [0.3, 0.4) is 0 Å². The van der Waals surface area contributed by atoms with Crippen molar-refractivity contribution in [2.75, 3.05) is 12.8 Å². The highest BCUT2D eigenvalue weighted by Gasteiger charge is 2.56. The number of rotatable bonds is 10. The molecular weight excluding hydrogens is 660 g/mol. The van der Waals surface area contributed by atoms with E-state index in [1.165, 1.54) is 6.92 Å². The number of aliphatic hydroxyl groups is 2. The summed E-state index contributed by atoms with van der Waals surface area (Å²) >= 11 is 6.32. The monoisotopic (exact) mass is 686 g/mol. The molecule has 0 aliphatic heterocycles. The number of ether oxygens (including phenoxy) is 1. The van der Waals surface area contributed by atoms with E-state index in [2.05, 4.69) is 20.0 Å². The Morgan fingerprint density at radius 1 is 1.25 bits per heavy atom. The van der Waals surface area contributed by atoms with Crippen LogP contribution in [0.5, 0.6) is 5.75 Å². The minimum Gasteiger partial charge on any atom is -0.431 e. The number of pyridine rings is 1. The second kappa shape index (κ2) is 12.9. The number of aromatic nitrogens is 3. The van der Waals surface area contributed by atoms with Crippen molar-refractivity contribution in [2.24, 2.45) is 5.92 Å². The van der Waals surface area contributed by atoms with Crippen molar-refractivity contribution in [2.45, 2.75) is 74.9 Å². The molecule has 0 radical (unpaired) electrons. The Labute approximate surface area is 250 Å². The summed E-state index contributed by atoms with van der Waals surface area (Å²) in [6.07, 6.45) is -13.6. The molecule has 0 spiro atoms. The molecule has 0 aromatic carbocycles. The second-order valence-electron chi connectivity index (χ2n) is 10.3. The summed E-state index contributed by atoms with van der Waals surface area (Å²) in [6, 6.07) is 0.512. The van der Waals surface area contributed by atoms with Gasteiger partial charge in [0.2, 0.25) is 0 Å². The van der Waals surface area contributed by atoms with Crippen molar-refractivity contribution in [3.05, 3.63) is 34.5 Å². The maximum Gasteiger partial charge on any atom is 0.400 e. The lowest BCUT2D eigenvalue weighted by Crippen LogP contribution is -2.56. The molecule has 248 valence electrons. The number of halogens is 9. The van der Waals surface area contributed by atoms with Crippen molar-refractivity contribution in [1.82, 2.24) is 19.9 Å². The van der Waals surface area contributed by atoms with Crippen molar-refractivity contribution in [3.8, 4) is 11.6 Å². The normalized spacial score (nSPS) is 21.6. The largest absolute Gasteiger partial charge is 0.431 e. The number of nitrogens with zero attached hydrogens (tertiary/aromatic N) is 3. The molecule has 1 aliphatic rings. The van der Waals surface area contributed by atoms with Gasteiger partial charge in [0.25, 0.3) is 5.91 Å². The highest BCUT2D eigenvalue weighted by Crippen LogP contribution is 2.42. The van der Waals surface area contributed by atoms with Crippen LogP contribution in [0.25, 0.3) is 5.82 Å². The third-order valence-electron chi connectivity index (χ3n) is 7.14. The molecule has 1 amide bonds. The van der Waals surface area contributed by atoms with E-state index in [-0.39, 0.29) is 31.5 Å². The molecule has 20 heteroatoms. The van der Waals surface area contributed by atoms with Crippen LogP contribution in [-0.2, 0) is 22.7 Å². The molecule has 3 atom stereocenters. The number of imidazole rings is 1. The Balaban J connectivity index is 1.93. The second-order valence-corrected chi connectivity index (χ2v) is 13.0. The number of hydrogen-bond acceptors (Lipinski definition) is 8. The molecule has 1 saturated carbocycles. The molecule has 0 bridgehead atoms. The minimum absolute atomic E-state index is 0.00110. The minimum atomic E-state index is -5.71. The molecule has 10 nitrogen and oxygen atoms in total. The van der Waals surface area contributed by atoms with Crippen LogP contribution in [-0.4, -0.2) is 87.8 Å². The number of carbonyl (C=O) groups is 1. The summed E-state index contributed by atoms with van der Waals surface area (Å²) in [5, 5.41) is 22.1. The Kier molecular flexibility index (Phi) is 10.5. The summed E-state index contributed by atoms with van der Waals surface area (Å²) < 4.78 is 134. The lowest BCUT2D eigenvalue weighted by molar-refractivity contribution is -0.283. The van der Waals surface area contributed by atoms with E-state index >= 15 is 0 Å². The van der Waals surface area contributed by atoms with Crippen LogP contribution >= 0.6 is 11.6 Å². The highest BCUT2D eigenvalue weighted by atomic mass is 35.5. The summed E-state index contributed by atoms with van der Waals surface area (Å²) in [6.45, 7) is -2.66. The zero-order valence-electron chi connectivity index (χ0n) is 22.9. The first-order valence-electron chi connectivity index (χ1n) is 12.8. The number of sulfone groups is 1. The van der Waals surface area contributed by atoms with E-state index in [1.807, 2.05) is 0 Å². The number of hydrogen-bond donors (Lipinski definition) is 3. The lowest BCUT2D eigenvalue weighted by atomic mass is 9.82. The summed E-state index contributed by atoms with van der Waals surface area (Å²) in [5.74, 6) is -6.53.